The number of hydrogen-bond donors (Lipinski definition) is 1. The Balaban J connectivity index is 1.80. The van der Waals surface area contributed by atoms with E-state index in [0.717, 1.165) is 35.0 Å². The lowest BCUT2D eigenvalue weighted by atomic mass is 10.1. The Morgan fingerprint density at radius 1 is 1.07 bits per heavy atom. The van der Waals surface area contributed by atoms with Gasteiger partial charge in [0.25, 0.3) is 5.56 Å². The zero-order valence-electron chi connectivity index (χ0n) is 16.1. The van der Waals surface area contributed by atoms with Crippen LogP contribution in [0.5, 0.6) is 0 Å². The van der Waals surface area contributed by atoms with Crippen molar-refractivity contribution < 1.29 is 13.2 Å². The van der Waals surface area contributed by atoms with Crippen LogP contribution in [0.3, 0.4) is 0 Å². The second-order valence-electron chi connectivity index (χ2n) is 7.16. The van der Waals surface area contributed by atoms with Gasteiger partial charge in [-0.15, -0.1) is 0 Å². The van der Waals surface area contributed by atoms with Gasteiger partial charge in [0.05, 0.1) is 4.90 Å². The number of hydrogen-bond acceptors (Lipinski definition) is 4. The second kappa shape index (κ2) is 8.28. The predicted octanol–water partition coefficient (Wildman–Crippen LogP) is 2.28. The molecule has 0 spiro atoms. The molecule has 1 fully saturated rings. The molecular weight excluding hydrogens is 378 g/mol. The van der Waals surface area contributed by atoms with E-state index in [1.165, 1.54) is 22.6 Å². The number of rotatable bonds is 5. The van der Waals surface area contributed by atoms with E-state index in [-0.39, 0.29) is 17.3 Å². The highest BCUT2D eigenvalue weighted by atomic mass is 32.2. The third-order valence-electron chi connectivity index (χ3n) is 4.89. The summed E-state index contributed by atoms with van der Waals surface area (Å²) in [6.45, 7) is 4.51. The quantitative estimate of drug-likeness (QED) is 0.830. The third-order valence-corrected chi connectivity index (χ3v) is 6.77. The number of pyridine rings is 1. The van der Waals surface area contributed by atoms with Crippen molar-refractivity contribution in [2.75, 3.05) is 18.4 Å². The van der Waals surface area contributed by atoms with Crippen molar-refractivity contribution in [3.05, 3.63) is 58.0 Å². The van der Waals surface area contributed by atoms with Gasteiger partial charge in [-0.25, -0.2) is 8.42 Å². The Morgan fingerprint density at radius 2 is 1.79 bits per heavy atom. The molecule has 0 aliphatic carbocycles. The fraction of sp³-hybridized carbons (Fsp3) is 0.400. The molecule has 1 aliphatic heterocycles. The summed E-state index contributed by atoms with van der Waals surface area (Å²) >= 11 is 0. The minimum atomic E-state index is -3.67. The van der Waals surface area contributed by atoms with Crippen molar-refractivity contribution in [2.45, 2.75) is 44.6 Å². The Labute approximate surface area is 165 Å². The molecule has 1 aromatic heterocycles. The summed E-state index contributed by atoms with van der Waals surface area (Å²) in [5.41, 5.74) is 2.17. The maximum atomic E-state index is 12.8. The van der Waals surface area contributed by atoms with Crippen LogP contribution in [0.25, 0.3) is 0 Å². The van der Waals surface area contributed by atoms with Crippen molar-refractivity contribution in [2.24, 2.45) is 0 Å². The van der Waals surface area contributed by atoms with Gasteiger partial charge in [0.1, 0.15) is 6.54 Å². The normalized spacial score (nSPS) is 15.4. The van der Waals surface area contributed by atoms with Crippen molar-refractivity contribution in [1.82, 2.24) is 8.87 Å². The molecule has 0 atom stereocenters. The van der Waals surface area contributed by atoms with Crippen LogP contribution in [0.2, 0.25) is 0 Å². The summed E-state index contributed by atoms with van der Waals surface area (Å²) in [6, 6.07) is 8.22. The van der Waals surface area contributed by atoms with Gasteiger partial charge in [-0.2, -0.15) is 4.31 Å². The topological polar surface area (TPSA) is 88.5 Å². The number of aromatic nitrogens is 1. The Morgan fingerprint density at radius 3 is 2.50 bits per heavy atom. The summed E-state index contributed by atoms with van der Waals surface area (Å²) in [5.74, 6) is -0.386. The fourth-order valence-electron chi connectivity index (χ4n) is 3.25. The molecule has 1 N–H and O–H groups in total. The van der Waals surface area contributed by atoms with E-state index < -0.39 is 15.6 Å². The zero-order valence-corrected chi connectivity index (χ0v) is 17.0. The van der Waals surface area contributed by atoms with Crippen molar-refractivity contribution in [3.63, 3.8) is 0 Å². The molecule has 1 amide bonds. The van der Waals surface area contributed by atoms with Crippen LogP contribution in [-0.2, 0) is 21.4 Å². The highest BCUT2D eigenvalue weighted by molar-refractivity contribution is 7.89. The lowest BCUT2D eigenvalue weighted by Gasteiger charge is -2.26. The van der Waals surface area contributed by atoms with Crippen LogP contribution < -0.4 is 10.9 Å². The van der Waals surface area contributed by atoms with E-state index in [9.17, 15) is 18.0 Å². The van der Waals surface area contributed by atoms with Gasteiger partial charge in [-0.3, -0.25) is 9.59 Å². The molecule has 0 bridgehead atoms. The maximum Gasteiger partial charge on any atom is 0.251 e. The highest BCUT2D eigenvalue weighted by Crippen LogP contribution is 2.20. The minimum Gasteiger partial charge on any atom is -0.324 e. The smallest absolute Gasteiger partial charge is 0.251 e. The van der Waals surface area contributed by atoms with Crippen molar-refractivity contribution in [3.8, 4) is 0 Å². The van der Waals surface area contributed by atoms with E-state index in [1.807, 2.05) is 32.0 Å². The first-order valence-electron chi connectivity index (χ1n) is 9.35. The van der Waals surface area contributed by atoms with Gasteiger partial charge in [0.15, 0.2) is 0 Å². The lowest BCUT2D eigenvalue weighted by molar-refractivity contribution is -0.116. The van der Waals surface area contributed by atoms with Gasteiger partial charge >= 0.3 is 0 Å². The molecule has 28 heavy (non-hydrogen) atoms. The average molecular weight is 404 g/mol. The van der Waals surface area contributed by atoms with E-state index in [1.54, 1.807) is 0 Å². The van der Waals surface area contributed by atoms with E-state index in [4.69, 9.17) is 0 Å². The third kappa shape index (κ3) is 4.51. The first-order valence-corrected chi connectivity index (χ1v) is 10.8. The number of anilines is 1. The molecule has 0 saturated carbocycles. The molecule has 8 heteroatoms. The van der Waals surface area contributed by atoms with Crippen molar-refractivity contribution in [1.29, 1.82) is 0 Å². The number of piperidine rings is 1. The van der Waals surface area contributed by atoms with Gasteiger partial charge in [-0.05, 0) is 49.9 Å². The fourth-order valence-corrected chi connectivity index (χ4v) is 4.79. The molecule has 2 heterocycles. The monoisotopic (exact) mass is 403 g/mol. The summed E-state index contributed by atoms with van der Waals surface area (Å²) in [6.07, 6.45) is 3.94. The second-order valence-corrected chi connectivity index (χ2v) is 9.10. The first-order chi connectivity index (χ1) is 13.3. The van der Waals surface area contributed by atoms with Gasteiger partial charge < -0.3 is 9.88 Å². The molecule has 0 radical (unpaired) electrons. The number of benzene rings is 1. The van der Waals surface area contributed by atoms with Gasteiger partial charge in [0, 0.05) is 31.0 Å². The standard InChI is InChI=1S/C20H25N3O4S/c1-15-6-7-16(2)18(12-15)21-19(24)14-22-13-17(8-9-20(22)25)28(26,27)23-10-4-3-5-11-23/h6-9,12-13H,3-5,10-11,14H2,1-2H3,(H,21,24). The molecule has 7 nitrogen and oxygen atoms in total. The average Bonchev–Trinajstić information content (AvgIpc) is 2.67. The summed E-state index contributed by atoms with van der Waals surface area (Å²) < 4.78 is 28.2. The predicted molar refractivity (Wildman–Crippen MR) is 108 cm³/mol. The maximum absolute atomic E-state index is 12.8. The Hall–Kier alpha value is -2.45. The van der Waals surface area contributed by atoms with E-state index in [0.29, 0.717) is 18.8 Å². The van der Waals surface area contributed by atoms with Crippen LogP contribution in [0, 0.1) is 13.8 Å². The first kappa shape index (κ1) is 20.3. The SMILES string of the molecule is Cc1ccc(C)c(NC(=O)Cn2cc(S(=O)(=O)N3CCCCC3)ccc2=O)c1. The van der Waals surface area contributed by atoms with E-state index >= 15 is 0 Å². The molecule has 1 aliphatic rings. The molecule has 150 valence electrons. The van der Waals surface area contributed by atoms with Crippen molar-refractivity contribution >= 4 is 21.6 Å². The van der Waals surface area contributed by atoms with Crippen LogP contribution >= 0.6 is 0 Å². The number of aryl methyl sites for hydroxylation is 2. The molecule has 0 unspecified atom stereocenters. The number of nitrogens with zero attached hydrogens (tertiary/aromatic N) is 2. The number of carbonyl (C=O) groups is 1. The van der Waals surface area contributed by atoms with Gasteiger partial charge in [0.2, 0.25) is 15.9 Å². The molecule has 3 rings (SSSR count). The molecule has 2 aromatic rings. The van der Waals surface area contributed by atoms with E-state index in [2.05, 4.69) is 5.32 Å². The molecule has 1 saturated heterocycles. The number of nitrogens with one attached hydrogen (secondary N) is 1. The number of sulfonamides is 1. The highest BCUT2D eigenvalue weighted by Gasteiger charge is 2.26. The molecular formula is C20H25N3O4S. The summed E-state index contributed by atoms with van der Waals surface area (Å²) in [4.78, 5) is 24.6. The summed E-state index contributed by atoms with van der Waals surface area (Å²) in [7, 11) is -3.67. The summed E-state index contributed by atoms with van der Waals surface area (Å²) in [5, 5.41) is 2.79. The largest absolute Gasteiger partial charge is 0.324 e. The Bertz CT molecular complexity index is 1040. The van der Waals surface area contributed by atoms with Crippen LogP contribution in [0.15, 0.2) is 46.2 Å². The van der Waals surface area contributed by atoms with Crippen LogP contribution in [0.4, 0.5) is 5.69 Å². The zero-order chi connectivity index (χ0) is 20.3. The lowest BCUT2D eigenvalue weighted by Crippen LogP contribution is -2.36. The number of carbonyl (C=O) groups excluding carboxylic acids is 1. The van der Waals surface area contributed by atoms with Crippen LogP contribution in [0.1, 0.15) is 30.4 Å². The molecule has 1 aromatic carbocycles. The minimum absolute atomic E-state index is 0.0357. The van der Waals surface area contributed by atoms with Crippen LogP contribution in [-0.4, -0.2) is 36.3 Å². The number of amides is 1. The Kier molecular flexibility index (Phi) is 6.00. The van der Waals surface area contributed by atoms with Gasteiger partial charge in [-0.1, -0.05) is 18.6 Å².